The van der Waals surface area contributed by atoms with Crippen LogP contribution in [0.2, 0.25) is 5.02 Å². The van der Waals surface area contributed by atoms with Gasteiger partial charge >= 0.3 is 0 Å². The normalized spacial score (nSPS) is 12.0. The van der Waals surface area contributed by atoms with Gasteiger partial charge in [-0.05, 0) is 35.1 Å². The summed E-state index contributed by atoms with van der Waals surface area (Å²) >= 11 is 7.74. The predicted molar refractivity (Wildman–Crippen MR) is 112 cm³/mol. The molecule has 0 aliphatic rings. The minimum Gasteiger partial charge on any atom is -0.266 e. The molecule has 0 radical (unpaired) electrons. The Kier molecular flexibility index (Phi) is 5.17. The number of thiophene rings is 1. The highest BCUT2D eigenvalue weighted by Crippen LogP contribution is 2.35. The molecule has 134 valence electrons. The summed E-state index contributed by atoms with van der Waals surface area (Å²) in [5, 5.41) is 5.44. The van der Waals surface area contributed by atoms with Crippen molar-refractivity contribution in [2.24, 2.45) is 5.10 Å². The Bertz CT molecular complexity index is 982. The molecule has 26 heavy (non-hydrogen) atoms. The fourth-order valence-electron chi connectivity index (χ4n) is 2.60. The smallest absolute Gasteiger partial charge is 0.266 e. The zero-order chi connectivity index (χ0) is 18.9. The van der Waals surface area contributed by atoms with Gasteiger partial charge in [0.25, 0.3) is 5.91 Å². The van der Waals surface area contributed by atoms with Gasteiger partial charge < -0.3 is 0 Å². The van der Waals surface area contributed by atoms with Crippen LogP contribution in [-0.4, -0.2) is 12.1 Å². The van der Waals surface area contributed by atoms with E-state index in [0.717, 1.165) is 21.2 Å². The van der Waals surface area contributed by atoms with Crippen LogP contribution in [0.25, 0.3) is 10.1 Å². The fraction of sp³-hybridized carbons (Fsp3) is 0.238. The maximum absolute atomic E-state index is 12.4. The first-order chi connectivity index (χ1) is 12.3. The molecule has 1 amide bonds. The molecule has 0 bridgehead atoms. The molecular weight excluding hydrogens is 364 g/mol. The molecule has 0 aliphatic heterocycles. The first-order valence-corrected chi connectivity index (χ1v) is 9.58. The first-order valence-electron chi connectivity index (χ1n) is 8.38. The minimum atomic E-state index is -0.295. The molecule has 1 N–H and O–H groups in total. The lowest BCUT2D eigenvalue weighted by atomic mass is 9.87. The number of hydrogen-bond acceptors (Lipinski definition) is 3. The van der Waals surface area contributed by atoms with Crippen LogP contribution in [-0.2, 0) is 5.41 Å². The fourth-order valence-corrected chi connectivity index (χ4v) is 4.11. The molecular formula is C21H21ClN2OS. The Morgan fingerprint density at radius 1 is 1.15 bits per heavy atom. The third kappa shape index (κ3) is 3.97. The van der Waals surface area contributed by atoms with E-state index in [1.165, 1.54) is 16.9 Å². The van der Waals surface area contributed by atoms with Crippen LogP contribution in [0.4, 0.5) is 0 Å². The Morgan fingerprint density at radius 2 is 1.85 bits per heavy atom. The monoisotopic (exact) mass is 384 g/mol. The number of fused-ring (bicyclic) bond motifs is 1. The van der Waals surface area contributed by atoms with E-state index in [2.05, 4.69) is 43.4 Å². The summed E-state index contributed by atoms with van der Waals surface area (Å²) in [6, 6.07) is 14.1. The van der Waals surface area contributed by atoms with Crippen LogP contribution < -0.4 is 5.43 Å². The van der Waals surface area contributed by atoms with Gasteiger partial charge in [-0.2, -0.15) is 5.10 Å². The SMILES string of the molecule is Cc1ccc2c(Cl)c(C(=O)N/N=C\c3ccc(C(C)(C)C)cc3)sc2c1. The predicted octanol–water partition coefficient (Wildman–Crippen LogP) is 5.92. The average molecular weight is 385 g/mol. The van der Waals surface area contributed by atoms with Crippen molar-refractivity contribution in [2.75, 3.05) is 0 Å². The van der Waals surface area contributed by atoms with Crippen LogP contribution in [0, 0.1) is 6.92 Å². The number of nitrogens with zero attached hydrogens (tertiary/aromatic N) is 1. The van der Waals surface area contributed by atoms with Crippen molar-refractivity contribution >= 4 is 45.1 Å². The Morgan fingerprint density at radius 3 is 2.50 bits per heavy atom. The second kappa shape index (κ2) is 7.22. The highest BCUT2D eigenvalue weighted by Gasteiger charge is 2.17. The highest BCUT2D eigenvalue weighted by atomic mass is 35.5. The van der Waals surface area contributed by atoms with Crippen LogP contribution in [0.3, 0.4) is 0 Å². The molecule has 1 heterocycles. The van der Waals surface area contributed by atoms with E-state index in [9.17, 15) is 4.79 Å². The second-order valence-corrected chi connectivity index (χ2v) is 8.75. The van der Waals surface area contributed by atoms with Gasteiger partial charge in [-0.1, -0.05) is 68.8 Å². The largest absolute Gasteiger partial charge is 0.283 e. The van der Waals surface area contributed by atoms with Crippen molar-refractivity contribution in [1.82, 2.24) is 5.43 Å². The van der Waals surface area contributed by atoms with Gasteiger partial charge in [-0.3, -0.25) is 4.79 Å². The zero-order valence-electron chi connectivity index (χ0n) is 15.3. The van der Waals surface area contributed by atoms with Gasteiger partial charge in [0, 0.05) is 10.1 Å². The van der Waals surface area contributed by atoms with Gasteiger partial charge in [0.15, 0.2) is 0 Å². The molecule has 1 aromatic heterocycles. The second-order valence-electron chi connectivity index (χ2n) is 7.32. The van der Waals surface area contributed by atoms with Crippen LogP contribution in [0.5, 0.6) is 0 Å². The number of carbonyl (C=O) groups is 1. The Hall–Kier alpha value is -2.17. The van der Waals surface area contributed by atoms with E-state index >= 15 is 0 Å². The molecule has 0 saturated heterocycles. The maximum Gasteiger partial charge on any atom is 0.283 e. The summed E-state index contributed by atoms with van der Waals surface area (Å²) in [6.45, 7) is 8.54. The number of hydrazone groups is 1. The van der Waals surface area contributed by atoms with Crippen molar-refractivity contribution < 1.29 is 4.79 Å². The number of halogens is 1. The maximum atomic E-state index is 12.4. The lowest BCUT2D eigenvalue weighted by Gasteiger charge is -2.18. The zero-order valence-corrected chi connectivity index (χ0v) is 16.8. The summed E-state index contributed by atoms with van der Waals surface area (Å²) < 4.78 is 1.00. The molecule has 0 unspecified atom stereocenters. The molecule has 0 spiro atoms. The average Bonchev–Trinajstić information content (AvgIpc) is 2.90. The van der Waals surface area contributed by atoms with E-state index in [0.29, 0.717) is 9.90 Å². The van der Waals surface area contributed by atoms with Crippen LogP contribution in [0.15, 0.2) is 47.6 Å². The van der Waals surface area contributed by atoms with E-state index in [1.807, 2.05) is 37.3 Å². The Labute approximate surface area is 162 Å². The van der Waals surface area contributed by atoms with Crippen molar-refractivity contribution in [1.29, 1.82) is 0 Å². The Balaban J connectivity index is 1.72. The standard InChI is InChI=1S/C21H21ClN2OS/c1-13-5-10-16-17(11-13)26-19(18(16)22)20(25)24-23-12-14-6-8-15(9-7-14)21(2,3)4/h5-12H,1-4H3,(H,24,25)/b23-12-. The quantitative estimate of drug-likeness (QED) is 0.441. The minimum absolute atomic E-state index is 0.111. The van der Waals surface area contributed by atoms with E-state index in [1.54, 1.807) is 6.21 Å². The first kappa shape index (κ1) is 18.6. The van der Waals surface area contributed by atoms with Crippen molar-refractivity contribution in [2.45, 2.75) is 33.1 Å². The third-order valence-electron chi connectivity index (χ3n) is 4.15. The van der Waals surface area contributed by atoms with Crippen LogP contribution in [0.1, 0.15) is 47.1 Å². The summed E-state index contributed by atoms with van der Waals surface area (Å²) in [4.78, 5) is 12.9. The van der Waals surface area contributed by atoms with E-state index < -0.39 is 0 Å². The van der Waals surface area contributed by atoms with E-state index in [-0.39, 0.29) is 11.3 Å². The van der Waals surface area contributed by atoms with Crippen LogP contribution >= 0.6 is 22.9 Å². The van der Waals surface area contributed by atoms with Gasteiger partial charge in [0.1, 0.15) is 4.88 Å². The highest BCUT2D eigenvalue weighted by molar-refractivity contribution is 7.21. The molecule has 0 atom stereocenters. The number of rotatable bonds is 3. The van der Waals surface area contributed by atoms with Gasteiger partial charge in [-0.25, -0.2) is 5.43 Å². The molecule has 5 heteroatoms. The molecule has 0 fully saturated rings. The summed E-state index contributed by atoms with van der Waals surface area (Å²) in [5.74, 6) is -0.295. The van der Waals surface area contributed by atoms with Gasteiger partial charge in [0.05, 0.1) is 11.2 Å². The van der Waals surface area contributed by atoms with Gasteiger partial charge in [0.2, 0.25) is 0 Å². The molecule has 0 saturated carbocycles. The molecule has 3 nitrogen and oxygen atoms in total. The molecule has 3 rings (SSSR count). The summed E-state index contributed by atoms with van der Waals surface area (Å²) in [6.07, 6.45) is 1.63. The molecule has 3 aromatic rings. The number of amides is 1. The lowest BCUT2D eigenvalue weighted by molar-refractivity contribution is 0.0959. The number of benzene rings is 2. The number of hydrogen-bond donors (Lipinski definition) is 1. The van der Waals surface area contributed by atoms with Crippen molar-refractivity contribution in [3.63, 3.8) is 0 Å². The summed E-state index contributed by atoms with van der Waals surface area (Å²) in [5.41, 5.74) is 6.00. The van der Waals surface area contributed by atoms with Crippen molar-refractivity contribution in [3.8, 4) is 0 Å². The lowest BCUT2D eigenvalue weighted by Crippen LogP contribution is -2.16. The van der Waals surface area contributed by atoms with Crippen molar-refractivity contribution in [3.05, 3.63) is 69.1 Å². The molecule has 0 aliphatic carbocycles. The topological polar surface area (TPSA) is 41.5 Å². The number of nitrogens with one attached hydrogen (secondary N) is 1. The summed E-state index contributed by atoms with van der Waals surface area (Å²) in [7, 11) is 0. The third-order valence-corrected chi connectivity index (χ3v) is 5.80. The van der Waals surface area contributed by atoms with Gasteiger partial charge in [-0.15, -0.1) is 11.3 Å². The number of carbonyl (C=O) groups excluding carboxylic acids is 1. The molecule has 2 aromatic carbocycles. The number of aryl methyl sites for hydroxylation is 1. The van der Waals surface area contributed by atoms with E-state index in [4.69, 9.17) is 11.6 Å².